The quantitative estimate of drug-likeness (QED) is 0.718. The molecular formula is C20H20N2O2S2. The topological polar surface area (TPSA) is 59.1 Å². The summed E-state index contributed by atoms with van der Waals surface area (Å²) in [6.07, 6.45) is 6.05. The minimum Gasteiger partial charge on any atom is -0.256 e. The van der Waals surface area contributed by atoms with Crippen LogP contribution in [0.1, 0.15) is 29.5 Å². The number of nitrogens with one attached hydrogen (secondary N) is 1. The van der Waals surface area contributed by atoms with E-state index in [-0.39, 0.29) is 6.54 Å². The van der Waals surface area contributed by atoms with Gasteiger partial charge in [0, 0.05) is 23.7 Å². The van der Waals surface area contributed by atoms with Gasteiger partial charge in [-0.1, -0.05) is 6.07 Å². The molecule has 1 N–H and O–H groups in total. The molecule has 1 aromatic carbocycles. The molecule has 0 aliphatic heterocycles. The molecule has 0 saturated carbocycles. The van der Waals surface area contributed by atoms with Crippen LogP contribution in [-0.4, -0.2) is 13.4 Å². The van der Waals surface area contributed by atoms with E-state index in [1.165, 1.54) is 17.5 Å². The molecule has 4 nitrogen and oxygen atoms in total. The second kappa shape index (κ2) is 7.31. The Morgan fingerprint density at radius 1 is 1.04 bits per heavy atom. The van der Waals surface area contributed by atoms with Crippen LogP contribution in [0, 0.1) is 0 Å². The van der Waals surface area contributed by atoms with Crippen LogP contribution in [-0.2, 0) is 29.4 Å². The summed E-state index contributed by atoms with van der Waals surface area (Å²) in [5.41, 5.74) is 5.25. The number of benzene rings is 1. The van der Waals surface area contributed by atoms with E-state index in [0.29, 0.717) is 4.90 Å². The molecule has 6 heteroatoms. The highest BCUT2D eigenvalue weighted by atomic mass is 32.2. The van der Waals surface area contributed by atoms with E-state index in [9.17, 15) is 8.42 Å². The van der Waals surface area contributed by atoms with Crippen LogP contribution >= 0.6 is 11.3 Å². The minimum absolute atomic E-state index is 0.249. The van der Waals surface area contributed by atoms with Gasteiger partial charge in [0.25, 0.3) is 0 Å². The molecule has 0 bridgehead atoms. The van der Waals surface area contributed by atoms with Gasteiger partial charge >= 0.3 is 0 Å². The third kappa shape index (κ3) is 3.72. The van der Waals surface area contributed by atoms with Crippen molar-refractivity contribution < 1.29 is 8.42 Å². The van der Waals surface area contributed by atoms with Gasteiger partial charge in [-0.15, -0.1) is 0 Å². The van der Waals surface area contributed by atoms with Crippen molar-refractivity contribution in [1.29, 1.82) is 0 Å². The predicted octanol–water partition coefficient (Wildman–Crippen LogP) is 4.17. The number of hydrogen-bond acceptors (Lipinski definition) is 4. The van der Waals surface area contributed by atoms with Crippen molar-refractivity contribution in [3.8, 4) is 11.3 Å². The number of thiophene rings is 1. The van der Waals surface area contributed by atoms with E-state index in [1.54, 1.807) is 23.6 Å². The fourth-order valence-electron chi connectivity index (χ4n) is 3.29. The Kier molecular flexibility index (Phi) is 4.89. The van der Waals surface area contributed by atoms with Crippen molar-refractivity contribution in [2.45, 2.75) is 37.1 Å². The first kappa shape index (κ1) is 17.4. The van der Waals surface area contributed by atoms with E-state index < -0.39 is 10.0 Å². The lowest BCUT2D eigenvalue weighted by molar-refractivity contribution is 0.580. The second-order valence-electron chi connectivity index (χ2n) is 6.52. The van der Waals surface area contributed by atoms with E-state index in [0.717, 1.165) is 36.1 Å². The van der Waals surface area contributed by atoms with Crippen LogP contribution in [0.25, 0.3) is 11.3 Å². The molecule has 4 rings (SSSR count). The first-order chi connectivity index (χ1) is 12.6. The number of rotatable bonds is 5. The molecule has 0 unspecified atom stereocenters. The molecular weight excluding hydrogens is 364 g/mol. The zero-order valence-electron chi connectivity index (χ0n) is 14.3. The first-order valence-electron chi connectivity index (χ1n) is 8.71. The number of aryl methyl sites for hydroxylation is 2. The van der Waals surface area contributed by atoms with E-state index >= 15 is 0 Å². The summed E-state index contributed by atoms with van der Waals surface area (Å²) < 4.78 is 28.1. The van der Waals surface area contributed by atoms with E-state index in [2.05, 4.69) is 9.71 Å². The van der Waals surface area contributed by atoms with Gasteiger partial charge in [0.15, 0.2) is 0 Å². The Morgan fingerprint density at radius 3 is 2.69 bits per heavy atom. The van der Waals surface area contributed by atoms with Gasteiger partial charge in [0.05, 0.1) is 10.6 Å². The van der Waals surface area contributed by atoms with Crippen molar-refractivity contribution in [2.75, 3.05) is 0 Å². The molecule has 134 valence electrons. The van der Waals surface area contributed by atoms with Crippen molar-refractivity contribution in [1.82, 2.24) is 9.71 Å². The van der Waals surface area contributed by atoms with Crippen LogP contribution in [0.15, 0.2) is 58.3 Å². The zero-order chi connectivity index (χ0) is 18.0. The molecule has 1 aliphatic carbocycles. The average Bonchev–Trinajstić information content (AvgIpc) is 3.21. The monoisotopic (exact) mass is 384 g/mol. The second-order valence-corrected chi connectivity index (χ2v) is 9.07. The van der Waals surface area contributed by atoms with E-state index in [4.69, 9.17) is 0 Å². The third-order valence-corrected chi connectivity index (χ3v) is 6.82. The summed E-state index contributed by atoms with van der Waals surface area (Å²) in [4.78, 5) is 4.71. The number of fused-ring (bicyclic) bond motifs is 1. The molecule has 0 saturated heterocycles. The third-order valence-electron chi connectivity index (χ3n) is 4.74. The maximum Gasteiger partial charge on any atom is 0.240 e. The summed E-state index contributed by atoms with van der Waals surface area (Å²) in [5.74, 6) is 0. The normalized spacial score (nSPS) is 14.2. The molecule has 0 radical (unpaired) electrons. The summed E-state index contributed by atoms with van der Waals surface area (Å²) >= 11 is 1.61. The Morgan fingerprint density at radius 2 is 1.88 bits per heavy atom. The average molecular weight is 385 g/mol. The fourth-order valence-corrected chi connectivity index (χ4v) is 5.01. The number of sulfonamides is 1. The highest BCUT2D eigenvalue weighted by molar-refractivity contribution is 7.89. The van der Waals surface area contributed by atoms with Crippen molar-refractivity contribution in [3.63, 3.8) is 0 Å². The van der Waals surface area contributed by atoms with Crippen LogP contribution in [0.3, 0.4) is 0 Å². The summed E-state index contributed by atoms with van der Waals surface area (Å²) in [6.45, 7) is 0.249. The lowest BCUT2D eigenvalue weighted by Gasteiger charge is -2.16. The SMILES string of the molecule is O=S(=O)(NCc1ccnc(-c2ccsc2)c1)c1ccc2c(c1)CCCC2. The maximum atomic E-state index is 12.7. The molecule has 26 heavy (non-hydrogen) atoms. The van der Waals surface area contributed by atoms with Gasteiger partial charge in [-0.3, -0.25) is 4.98 Å². The Hall–Kier alpha value is -2.02. The first-order valence-corrected chi connectivity index (χ1v) is 11.1. The number of pyridine rings is 1. The van der Waals surface area contributed by atoms with Gasteiger partial charge in [-0.25, -0.2) is 13.1 Å². The lowest BCUT2D eigenvalue weighted by atomic mass is 9.92. The molecule has 2 aromatic heterocycles. The summed E-state index contributed by atoms with van der Waals surface area (Å²) in [7, 11) is -3.53. The van der Waals surface area contributed by atoms with Crippen LogP contribution in [0.2, 0.25) is 0 Å². The number of nitrogens with zero attached hydrogens (tertiary/aromatic N) is 1. The maximum absolute atomic E-state index is 12.7. The highest BCUT2D eigenvalue weighted by Crippen LogP contribution is 2.24. The molecule has 3 aromatic rings. The van der Waals surface area contributed by atoms with Crippen molar-refractivity contribution in [2.24, 2.45) is 0 Å². The Bertz CT molecular complexity index is 1010. The van der Waals surface area contributed by atoms with Crippen LogP contribution in [0.4, 0.5) is 0 Å². The molecule has 0 atom stereocenters. The lowest BCUT2D eigenvalue weighted by Crippen LogP contribution is -2.23. The molecule has 0 fully saturated rings. The van der Waals surface area contributed by atoms with Crippen LogP contribution < -0.4 is 4.72 Å². The minimum atomic E-state index is -3.53. The molecule has 0 spiro atoms. The standard InChI is InChI=1S/C20H20N2O2S2/c23-26(24,19-6-5-16-3-1-2-4-17(16)12-19)22-13-15-7-9-21-20(11-15)18-8-10-25-14-18/h5-12,14,22H,1-4,13H2. The Labute approximate surface area is 158 Å². The predicted molar refractivity (Wildman–Crippen MR) is 105 cm³/mol. The van der Waals surface area contributed by atoms with Gasteiger partial charge in [-0.2, -0.15) is 11.3 Å². The van der Waals surface area contributed by atoms with Gasteiger partial charge in [-0.05, 0) is 78.1 Å². The zero-order valence-corrected chi connectivity index (χ0v) is 15.9. The van der Waals surface area contributed by atoms with Crippen molar-refractivity contribution in [3.05, 3.63) is 70.0 Å². The van der Waals surface area contributed by atoms with Crippen LogP contribution in [0.5, 0.6) is 0 Å². The molecule has 1 aliphatic rings. The van der Waals surface area contributed by atoms with Gasteiger partial charge < -0.3 is 0 Å². The smallest absolute Gasteiger partial charge is 0.240 e. The highest BCUT2D eigenvalue weighted by Gasteiger charge is 2.17. The fraction of sp³-hybridized carbons (Fsp3) is 0.250. The number of hydrogen-bond donors (Lipinski definition) is 1. The van der Waals surface area contributed by atoms with E-state index in [1.807, 2.05) is 41.1 Å². The summed E-state index contributed by atoms with van der Waals surface area (Å²) in [5, 5.41) is 4.03. The summed E-state index contributed by atoms with van der Waals surface area (Å²) in [6, 6.07) is 11.3. The van der Waals surface area contributed by atoms with Crippen molar-refractivity contribution >= 4 is 21.4 Å². The molecule has 0 amide bonds. The number of aromatic nitrogens is 1. The van der Waals surface area contributed by atoms with Gasteiger partial charge in [0.1, 0.15) is 0 Å². The Balaban J connectivity index is 1.51. The molecule has 2 heterocycles. The largest absolute Gasteiger partial charge is 0.256 e. The van der Waals surface area contributed by atoms with Gasteiger partial charge in [0.2, 0.25) is 10.0 Å².